The number of nitrogens with zero attached hydrogens (tertiary/aromatic N) is 2. The molecule has 0 saturated carbocycles. The van der Waals surface area contributed by atoms with Crippen LogP contribution in [0.1, 0.15) is 28.3 Å². The molecule has 7 rings (SSSR count). The molecule has 188 valence electrons. The zero-order valence-corrected chi connectivity index (χ0v) is 22.5. The zero-order valence-electron chi connectivity index (χ0n) is 20.9. The van der Waals surface area contributed by atoms with Gasteiger partial charge in [-0.1, -0.05) is 58.4 Å². The van der Waals surface area contributed by atoms with Crippen LogP contribution < -0.4 is 5.73 Å². The zero-order chi connectivity index (χ0) is 26.3. The first-order chi connectivity index (χ1) is 19.1. The molecule has 2 aromatic carbocycles. The maximum absolute atomic E-state index is 6.39. The number of alkyl halides is 1. The Labute approximate surface area is 233 Å². The first-order valence-electron chi connectivity index (χ1n) is 12.7. The standard InChI is InChI=1S/C33H24BrN5/c34-19-20-5-7-21(8-6-20)33-30-13-11-24(37-30)15-22-9-10-23(36-22)16-26-17-28(27-3-1-2-4-29(27)35)32(39-26)18-25-12-14-31(33)38-25/h1-18,37,39H,19,35H2. The number of H-pyrrole nitrogens is 2. The highest BCUT2D eigenvalue weighted by Crippen LogP contribution is 2.33. The molecule has 0 amide bonds. The number of hydrogen-bond donors (Lipinski definition) is 3. The molecule has 5 nitrogen and oxygen atoms in total. The molecule has 0 saturated heterocycles. The first kappa shape index (κ1) is 23.4. The van der Waals surface area contributed by atoms with Crippen LogP contribution >= 0.6 is 15.9 Å². The van der Waals surface area contributed by atoms with Crippen molar-refractivity contribution in [1.29, 1.82) is 0 Å². The summed E-state index contributed by atoms with van der Waals surface area (Å²) in [6.45, 7) is 0. The van der Waals surface area contributed by atoms with E-state index in [0.717, 1.165) is 78.1 Å². The molecule has 0 radical (unpaired) electrons. The van der Waals surface area contributed by atoms with Crippen molar-refractivity contribution in [2.45, 2.75) is 5.33 Å². The Bertz CT molecular complexity index is 1960. The number of para-hydroxylation sites is 1. The minimum absolute atomic E-state index is 0.730. The molecule has 2 aliphatic heterocycles. The highest BCUT2D eigenvalue weighted by atomic mass is 79.9. The van der Waals surface area contributed by atoms with Crippen LogP contribution in [0.5, 0.6) is 0 Å². The maximum Gasteiger partial charge on any atom is 0.0736 e. The molecular weight excluding hydrogens is 546 g/mol. The number of hydrogen-bond acceptors (Lipinski definition) is 3. The van der Waals surface area contributed by atoms with E-state index in [2.05, 4.69) is 98.7 Å². The molecule has 4 N–H and O–H groups in total. The van der Waals surface area contributed by atoms with Crippen molar-refractivity contribution in [3.8, 4) is 22.3 Å². The van der Waals surface area contributed by atoms with Gasteiger partial charge in [-0.05, 0) is 77.9 Å². The van der Waals surface area contributed by atoms with E-state index in [-0.39, 0.29) is 0 Å². The first-order valence-corrected chi connectivity index (χ1v) is 13.9. The van der Waals surface area contributed by atoms with Crippen molar-refractivity contribution in [2.24, 2.45) is 0 Å². The second-order valence-corrected chi connectivity index (χ2v) is 10.2. The Morgan fingerprint density at radius 3 is 2.15 bits per heavy atom. The molecule has 0 aliphatic carbocycles. The third kappa shape index (κ3) is 4.49. The lowest BCUT2D eigenvalue weighted by atomic mass is 10.0. The van der Waals surface area contributed by atoms with E-state index >= 15 is 0 Å². The van der Waals surface area contributed by atoms with E-state index in [9.17, 15) is 0 Å². The van der Waals surface area contributed by atoms with Crippen LogP contribution in [-0.2, 0) is 5.33 Å². The fourth-order valence-electron chi connectivity index (χ4n) is 5.11. The van der Waals surface area contributed by atoms with Gasteiger partial charge in [0, 0.05) is 49.8 Å². The molecule has 8 bridgehead atoms. The van der Waals surface area contributed by atoms with E-state index in [0.29, 0.717) is 0 Å². The molecule has 5 heterocycles. The summed E-state index contributed by atoms with van der Waals surface area (Å²) >= 11 is 3.56. The van der Waals surface area contributed by atoms with Crippen molar-refractivity contribution >= 4 is 68.0 Å². The van der Waals surface area contributed by atoms with E-state index < -0.39 is 0 Å². The molecule has 3 aromatic heterocycles. The van der Waals surface area contributed by atoms with Gasteiger partial charge in [0.05, 0.1) is 22.8 Å². The average Bonchev–Trinajstić information content (AvgIpc) is 3.75. The van der Waals surface area contributed by atoms with E-state index in [1.807, 2.05) is 36.4 Å². The molecule has 0 atom stereocenters. The SMILES string of the molecule is Nc1ccccc1-c1cc2cc3nc(cc4ccc([nH]4)c(-c4ccc(CBr)cc4)c4nc(cc1[nH]2)C=C4)C=C3. The number of aromatic amines is 2. The number of halogens is 1. The summed E-state index contributed by atoms with van der Waals surface area (Å²) in [5.74, 6) is 0. The fourth-order valence-corrected chi connectivity index (χ4v) is 5.49. The number of nitrogen functional groups attached to an aromatic ring is 1. The van der Waals surface area contributed by atoms with Crippen LogP contribution in [0.15, 0.2) is 84.9 Å². The Kier molecular flexibility index (Phi) is 5.75. The van der Waals surface area contributed by atoms with Gasteiger partial charge in [0.1, 0.15) is 0 Å². The van der Waals surface area contributed by atoms with Crippen molar-refractivity contribution < 1.29 is 0 Å². The molecule has 6 heteroatoms. The van der Waals surface area contributed by atoms with Gasteiger partial charge in [0.25, 0.3) is 0 Å². The topological polar surface area (TPSA) is 83.4 Å². The van der Waals surface area contributed by atoms with Crippen molar-refractivity contribution in [1.82, 2.24) is 19.9 Å². The number of nitrogens with two attached hydrogens (primary N) is 1. The number of aromatic nitrogens is 4. The average molecular weight is 570 g/mol. The van der Waals surface area contributed by atoms with Crippen LogP contribution in [-0.4, -0.2) is 19.9 Å². The normalized spacial score (nSPS) is 12.2. The Morgan fingerprint density at radius 1 is 0.641 bits per heavy atom. The molecule has 0 fully saturated rings. The molecule has 5 aromatic rings. The molecular formula is C33H24BrN5. The van der Waals surface area contributed by atoms with Gasteiger partial charge in [0.15, 0.2) is 0 Å². The Morgan fingerprint density at radius 2 is 1.36 bits per heavy atom. The third-order valence-electron chi connectivity index (χ3n) is 6.99. The van der Waals surface area contributed by atoms with Gasteiger partial charge in [-0.15, -0.1) is 0 Å². The quantitative estimate of drug-likeness (QED) is 0.147. The Balaban J connectivity index is 1.56. The summed E-state index contributed by atoms with van der Waals surface area (Å²) in [5.41, 5.74) is 19.9. The third-order valence-corrected chi connectivity index (χ3v) is 7.64. The number of anilines is 1. The van der Waals surface area contributed by atoms with Gasteiger partial charge >= 0.3 is 0 Å². The fraction of sp³-hybridized carbons (Fsp3) is 0.0303. The summed E-state index contributed by atoms with van der Waals surface area (Å²) in [6.07, 6.45) is 8.20. The second kappa shape index (κ2) is 9.57. The summed E-state index contributed by atoms with van der Waals surface area (Å²) < 4.78 is 0. The number of fused-ring (bicyclic) bond motifs is 8. The number of rotatable bonds is 3. The van der Waals surface area contributed by atoms with Crippen LogP contribution in [0.3, 0.4) is 0 Å². The summed E-state index contributed by atoms with van der Waals surface area (Å²) in [6, 6.07) is 29.0. The van der Waals surface area contributed by atoms with Gasteiger partial charge < -0.3 is 15.7 Å². The summed E-state index contributed by atoms with van der Waals surface area (Å²) in [5, 5.41) is 0.816. The van der Waals surface area contributed by atoms with Crippen LogP contribution in [0, 0.1) is 0 Å². The molecule has 2 aliphatic rings. The maximum atomic E-state index is 6.39. The monoisotopic (exact) mass is 569 g/mol. The molecule has 39 heavy (non-hydrogen) atoms. The van der Waals surface area contributed by atoms with Crippen LogP contribution in [0.2, 0.25) is 0 Å². The predicted octanol–water partition coefficient (Wildman–Crippen LogP) is 8.47. The number of nitrogens with one attached hydrogen (secondary N) is 2. The summed E-state index contributed by atoms with van der Waals surface area (Å²) in [4.78, 5) is 17.0. The molecule has 0 unspecified atom stereocenters. The molecule has 0 spiro atoms. The van der Waals surface area contributed by atoms with E-state index in [1.165, 1.54) is 5.56 Å². The largest absolute Gasteiger partial charge is 0.398 e. The van der Waals surface area contributed by atoms with Crippen LogP contribution in [0.25, 0.3) is 68.6 Å². The van der Waals surface area contributed by atoms with Crippen molar-refractivity contribution in [2.75, 3.05) is 5.73 Å². The lowest BCUT2D eigenvalue weighted by Gasteiger charge is -2.05. The summed E-state index contributed by atoms with van der Waals surface area (Å²) in [7, 11) is 0. The predicted molar refractivity (Wildman–Crippen MR) is 167 cm³/mol. The smallest absolute Gasteiger partial charge is 0.0736 e. The Hall–Kier alpha value is -4.68. The lowest BCUT2D eigenvalue weighted by Crippen LogP contribution is -1.88. The minimum Gasteiger partial charge on any atom is -0.398 e. The second-order valence-electron chi connectivity index (χ2n) is 9.66. The van der Waals surface area contributed by atoms with Gasteiger partial charge in [-0.3, -0.25) is 0 Å². The van der Waals surface area contributed by atoms with Crippen molar-refractivity contribution in [3.63, 3.8) is 0 Å². The highest BCUT2D eigenvalue weighted by molar-refractivity contribution is 9.08. The van der Waals surface area contributed by atoms with Crippen LogP contribution in [0.4, 0.5) is 5.69 Å². The lowest BCUT2D eigenvalue weighted by molar-refractivity contribution is 1.31. The van der Waals surface area contributed by atoms with Gasteiger partial charge in [0.2, 0.25) is 0 Å². The van der Waals surface area contributed by atoms with E-state index in [4.69, 9.17) is 15.7 Å². The van der Waals surface area contributed by atoms with Gasteiger partial charge in [-0.25, -0.2) is 9.97 Å². The van der Waals surface area contributed by atoms with Gasteiger partial charge in [-0.2, -0.15) is 0 Å². The minimum atomic E-state index is 0.730. The highest BCUT2D eigenvalue weighted by Gasteiger charge is 2.13. The number of benzene rings is 2. The van der Waals surface area contributed by atoms with E-state index in [1.54, 1.807) is 0 Å². The van der Waals surface area contributed by atoms with Crippen molar-refractivity contribution in [3.05, 3.63) is 113 Å².